The van der Waals surface area contributed by atoms with Gasteiger partial charge in [-0.15, -0.1) is 0 Å². The van der Waals surface area contributed by atoms with Gasteiger partial charge in [-0.05, 0) is 35.9 Å². The monoisotopic (exact) mass is 380 g/mol. The van der Waals surface area contributed by atoms with Crippen LogP contribution in [0.3, 0.4) is 0 Å². The summed E-state index contributed by atoms with van der Waals surface area (Å²) >= 11 is 0. The largest absolute Gasteiger partial charge is 0.379 e. The van der Waals surface area contributed by atoms with Crippen LogP contribution >= 0.6 is 0 Å². The number of H-pyrrole nitrogens is 2. The summed E-state index contributed by atoms with van der Waals surface area (Å²) < 4.78 is 5.36. The van der Waals surface area contributed by atoms with E-state index in [1.807, 2.05) is 24.3 Å². The van der Waals surface area contributed by atoms with Gasteiger partial charge in [0.15, 0.2) is 0 Å². The summed E-state index contributed by atoms with van der Waals surface area (Å²) in [5.41, 5.74) is 1.64. The lowest BCUT2D eigenvalue weighted by molar-refractivity contribution is 0.0342. The van der Waals surface area contributed by atoms with E-state index in [0.717, 1.165) is 32.8 Å². The molecule has 1 fully saturated rings. The van der Waals surface area contributed by atoms with Gasteiger partial charge in [0.25, 0.3) is 5.91 Å². The number of rotatable bonds is 4. The van der Waals surface area contributed by atoms with Crippen molar-refractivity contribution in [3.8, 4) is 0 Å². The highest BCUT2D eigenvalue weighted by Gasteiger charge is 2.11. The number of aromatic nitrogens is 2. The van der Waals surface area contributed by atoms with Crippen molar-refractivity contribution in [1.82, 2.24) is 14.9 Å². The highest BCUT2D eigenvalue weighted by molar-refractivity contribution is 6.05. The SMILES string of the molecule is O=C(Nc1ccc(CN2CCOCC2)cc1)c1ccc2[nH]c(=O)c(=O)[nH]c2c1. The van der Waals surface area contributed by atoms with Crippen LogP contribution in [0.4, 0.5) is 5.69 Å². The molecule has 0 atom stereocenters. The number of ether oxygens (including phenoxy) is 1. The minimum atomic E-state index is -0.749. The maximum atomic E-state index is 12.5. The molecule has 3 N–H and O–H groups in total. The number of morpholine rings is 1. The lowest BCUT2D eigenvalue weighted by Gasteiger charge is -2.26. The molecule has 1 aliphatic heterocycles. The smallest absolute Gasteiger partial charge is 0.314 e. The molecule has 2 aromatic carbocycles. The first-order chi connectivity index (χ1) is 13.6. The number of carbonyl (C=O) groups is 1. The number of nitrogens with zero attached hydrogens (tertiary/aromatic N) is 1. The van der Waals surface area contributed by atoms with Crippen LogP contribution in [-0.4, -0.2) is 47.1 Å². The molecule has 1 amide bonds. The Hall–Kier alpha value is -3.23. The molecule has 144 valence electrons. The zero-order chi connectivity index (χ0) is 19.5. The topological polar surface area (TPSA) is 107 Å². The van der Waals surface area contributed by atoms with Crippen LogP contribution in [0.2, 0.25) is 0 Å². The molecular weight excluding hydrogens is 360 g/mol. The van der Waals surface area contributed by atoms with E-state index in [2.05, 4.69) is 20.2 Å². The zero-order valence-electron chi connectivity index (χ0n) is 15.2. The van der Waals surface area contributed by atoms with Crippen molar-refractivity contribution >= 4 is 22.6 Å². The number of hydrogen-bond acceptors (Lipinski definition) is 5. The first kappa shape index (κ1) is 18.1. The number of amides is 1. The molecule has 8 nitrogen and oxygen atoms in total. The summed E-state index contributed by atoms with van der Waals surface area (Å²) in [7, 11) is 0. The van der Waals surface area contributed by atoms with E-state index in [0.29, 0.717) is 22.3 Å². The molecule has 0 spiro atoms. The lowest BCUT2D eigenvalue weighted by atomic mass is 10.1. The van der Waals surface area contributed by atoms with Crippen LogP contribution in [0.1, 0.15) is 15.9 Å². The number of aromatic amines is 2. The van der Waals surface area contributed by atoms with Crippen LogP contribution in [0.5, 0.6) is 0 Å². The van der Waals surface area contributed by atoms with Crippen LogP contribution in [0.25, 0.3) is 11.0 Å². The van der Waals surface area contributed by atoms with Gasteiger partial charge < -0.3 is 20.0 Å². The Kier molecular flexibility index (Phi) is 5.05. The third kappa shape index (κ3) is 4.03. The van der Waals surface area contributed by atoms with Crippen molar-refractivity contribution in [3.63, 3.8) is 0 Å². The second kappa shape index (κ2) is 7.79. The van der Waals surface area contributed by atoms with Gasteiger partial charge in [-0.25, -0.2) is 0 Å². The summed E-state index contributed by atoms with van der Waals surface area (Å²) in [6.45, 7) is 4.23. The Bertz CT molecular complexity index is 1110. The summed E-state index contributed by atoms with van der Waals surface area (Å²) in [5, 5.41) is 2.84. The summed E-state index contributed by atoms with van der Waals surface area (Å²) in [4.78, 5) is 42.6. The third-order valence-corrected chi connectivity index (χ3v) is 4.71. The lowest BCUT2D eigenvalue weighted by Crippen LogP contribution is -2.35. The fourth-order valence-electron chi connectivity index (χ4n) is 3.17. The molecule has 28 heavy (non-hydrogen) atoms. The highest BCUT2D eigenvalue weighted by Crippen LogP contribution is 2.15. The molecule has 0 aliphatic carbocycles. The normalized spacial score (nSPS) is 14.9. The van der Waals surface area contributed by atoms with E-state index >= 15 is 0 Å². The fraction of sp³-hybridized carbons (Fsp3) is 0.250. The first-order valence-corrected chi connectivity index (χ1v) is 9.05. The summed E-state index contributed by atoms with van der Waals surface area (Å²) in [6.07, 6.45) is 0. The van der Waals surface area contributed by atoms with Crippen molar-refractivity contribution < 1.29 is 9.53 Å². The summed E-state index contributed by atoms with van der Waals surface area (Å²) in [6, 6.07) is 12.4. The first-order valence-electron chi connectivity index (χ1n) is 9.05. The molecule has 1 aromatic heterocycles. The minimum absolute atomic E-state index is 0.296. The van der Waals surface area contributed by atoms with E-state index in [9.17, 15) is 14.4 Å². The fourth-order valence-corrected chi connectivity index (χ4v) is 3.17. The average Bonchev–Trinajstić information content (AvgIpc) is 2.71. The summed E-state index contributed by atoms with van der Waals surface area (Å²) in [5.74, 6) is -0.296. The van der Waals surface area contributed by atoms with Crippen LogP contribution in [0.15, 0.2) is 52.1 Å². The van der Waals surface area contributed by atoms with Gasteiger partial charge in [0.05, 0.1) is 24.2 Å². The van der Waals surface area contributed by atoms with Crippen molar-refractivity contribution in [2.45, 2.75) is 6.54 Å². The number of nitrogens with one attached hydrogen (secondary N) is 3. The molecule has 0 radical (unpaired) electrons. The quantitative estimate of drug-likeness (QED) is 0.592. The van der Waals surface area contributed by atoms with Crippen molar-refractivity contribution in [3.05, 3.63) is 74.3 Å². The Morgan fingerprint density at radius 3 is 2.36 bits per heavy atom. The Balaban J connectivity index is 1.45. The van der Waals surface area contributed by atoms with Crippen molar-refractivity contribution in [2.24, 2.45) is 0 Å². The number of hydrogen-bond donors (Lipinski definition) is 3. The van der Waals surface area contributed by atoms with Crippen LogP contribution in [0, 0.1) is 0 Å². The van der Waals surface area contributed by atoms with Gasteiger partial charge in [0.2, 0.25) is 0 Å². The second-order valence-electron chi connectivity index (χ2n) is 6.71. The minimum Gasteiger partial charge on any atom is -0.379 e. The predicted octanol–water partition coefficient (Wildman–Crippen LogP) is 1.30. The molecule has 2 heterocycles. The Morgan fingerprint density at radius 2 is 1.64 bits per heavy atom. The molecule has 1 aliphatic rings. The molecular formula is C20H20N4O4. The van der Waals surface area contributed by atoms with Gasteiger partial charge in [-0.3, -0.25) is 19.3 Å². The van der Waals surface area contributed by atoms with Gasteiger partial charge >= 0.3 is 11.1 Å². The zero-order valence-corrected chi connectivity index (χ0v) is 15.2. The number of anilines is 1. The second-order valence-corrected chi connectivity index (χ2v) is 6.71. The molecule has 1 saturated heterocycles. The average molecular weight is 380 g/mol. The molecule has 3 aromatic rings. The van der Waals surface area contributed by atoms with E-state index in [-0.39, 0.29) is 5.91 Å². The highest BCUT2D eigenvalue weighted by atomic mass is 16.5. The Morgan fingerprint density at radius 1 is 0.964 bits per heavy atom. The van der Waals surface area contributed by atoms with Gasteiger partial charge in [0, 0.05) is 30.9 Å². The van der Waals surface area contributed by atoms with Crippen molar-refractivity contribution in [1.29, 1.82) is 0 Å². The van der Waals surface area contributed by atoms with Crippen molar-refractivity contribution in [2.75, 3.05) is 31.6 Å². The number of fused-ring (bicyclic) bond motifs is 1. The molecule has 8 heteroatoms. The van der Waals surface area contributed by atoms with Gasteiger partial charge in [-0.1, -0.05) is 12.1 Å². The standard InChI is InChI=1S/C20H20N4O4/c25-18(14-3-6-16-17(11-14)23-20(27)19(26)22-16)21-15-4-1-13(2-5-15)12-24-7-9-28-10-8-24/h1-6,11H,7-10,12H2,(H,21,25)(H,22,26)(H,23,27). The Labute approximate surface area is 160 Å². The molecule has 0 saturated carbocycles. The number of benzene rings is 2. The van der Waals surface area contributed by atoms with E-state index < -0.39 is 11.1 Å². The predicted molar refractivity (Wildman–Crippen MR) is 106 cm³/mol. The van der Waals surface area contributed by atoms with E-state index in [1.165, 1.54) is 11.6 Å². The van der Waals surface area contributed by atoms with E-state index in [4.69, 9.17) is 4.74 Å². The third-order valence-electron chi connectivity index (χ3n) is 4.71. The molecule has 4 rings (SSSR count). The molecule has 0 bridgehead atoms. The van der Waals surface area contributed by atoms with Gasteiger partial charge in [0.1, 0.15) is 0 Å². The van der Waals surface area contributed by atoms with E-state index in [1.54, 1.807) is 12.1 Å². The maximum absolute atomic E-state index is 12.5. The van der Waals surface area contributed by atoms with Crippen LogP contribution < -0.4 is 16.4 Å². The maximum Gasteiger partial charge on any atom is 0.314 e. The van der Waals surface area contributed by atoms with Gasteiger partial charge in [-0.2, -0.15) is 0 Å². The number of carbonyl (C=O) groups excluding carboxylic acids is 1. The molecule has 0 unspecified atom stereocenters. The van der Waals surface area contributed by atoms with Crippen LogP contribution in [-0.2, 0) is 11.3 Å².